The Morgan fingerprint density at radius 2 is 1.89 bits per heavy atom. The largest absolute Gasteiger partial charge is 0.496 e. The van der Waals surface area contributed by atoms with Crippen molar-refractivity contribution in [3.8, 4) is 17.0 Å². The maximum absolute atomic E-state index is 13.6. The number of nitrogens with zero attached hydrogens (tertiary/aromatic N) is 2. The molecule has 0 bridgehead atoms. The smallest absolute Gasteiger partial charge is 0.255 e. The summed E-state index contributed by atoms with van der Waals surface area (Å²) >= 11 is 0. The number of benzene rings is 2. The first-order valence-electron chi connectivity index (χ1n) is 11.7. The van der Waals surface area contributed by atoms with Gasteiger partial charge in [0.1, 0.15) is 28.6 Å². The van der Waals surface area contributed by atoms with E-state index in [1.165, 1.54) is 32.1 Å². The van der Waals surface area contributed by atoms with E-state index >= 15 is 0 Å². The number of primary amides is 1. The van der Waals surface area contributed by atoms with Gasteiger partial charge in [-0.2, -0.15) is 5.10 Å². The van der Waals surface area contributed by atoms with Gasteiger partial charge in [-0.25, -0.2) is 9.07 Å². The average Bonchev–Trinajstić information content (AvgIpc) is 3.51. The lowest BCUT2D eigenvalue weighted by Crippen LogP contribution is -2.23. The van der Waals surface area contributed by atoms with Gasteiger partial charge in [-0.1, -0.05) is 37.1 Å². The predicted octanol–water partition coefficient (Wildman–Crippen LogP) is 4.06. The van der Waals surface area contributed by atoms with Crippen LogP contribution in [0.1, 0.15) is 64.9 Å². The second-order valence-corrected chi connectivity index (χ2v) is 8.93. The highest BCUT2D eigenvalue weighted by atomic mass is 19.1. The van der Waals surface area contributed by atoms with E-state index in [0.717, 1.165) is 24.5 Å². The van der Waals surface area contributed by atoms with Crippen LogP contribution in [-0.2, 0) is 6.54 Å². The number of hydrogen-bond donors (Lipinski definition) is 3. The molecule has 0 saturated heterocycles. The zero-order chi connectivity index (χ0) is 25.1. The van der Waals surface area contributed by atoms with Gasteiger partial charge < -0.3 is 21.5 Å². The number of carbonyl (C=O) groups excluding carboxylic acids is 2. The van der Waals surface area contributed by atoms with E-state index < -0.39 is 17.6 Å². The molecular weight excluding hydrogens is 449 g/mol. The Balaban J connectivity index is 1.52. The summed E-state index contributed by atoms with van der Waals surface area (Å²) in [7, 11) is 1.42. The summed E-state index contributed by atoms with van der Waals surface area (Å²) in [5.74, 6) is -0.554. The monoisotopic (exact) mass is 479 g/mol. The summed E-state index contributed by atoms with van der Waals surface area (Å²) in [5, 5.41) is 7.45. The molecule has 3 aromatic rings. The van der Waals surface area contributed by atoms with Gasteiger partial charge >= 0.3 is 0 Å². The summed E-state index contributed by atoms with van der Waals surface area (Å²) in [5.41, 5.74) is 14.3. The molecule has 8 nitrogen and oxygen atoms in total. The second-order valence-electron chi connectivity index (χ2n) is 8.93. The topological polar surface area (TPSA) is 125 Å². The number of rotatable bonds is 8. The SMILES string of the molecule is COc1ccc(F)cc1C(=O)NCc1ccc(-c2nn(C(C)C3CCCC3)c(N)c2C(N)=O)cc1. The molecule has 2 amide bonds. The zero-order valence-electron chi connectivity index (χ0n) is 19.9. The zero-order valence-corrected chi connectivity index (χ0v) is 19.9. The Morgan fingerprint density at radius 1 is 1.20 bits per heavy atom. The van der Waals surface area contributed by atoms with Crippen LogP contribution in [0.15, 0.2) is 42.5 Å². The number of carbonyl (C=O) groups is 2. The Labute approximate surface area is 203 Å². The molecule has 9 heteroatoms. The summed E-state index contributed by atoms with van der Waals surface area (Å²) < 4.78 is 20.5. The first kappa shape index (κ1) is 24.3. The molecule has 0 aliphatic heterocycles. The maximum atomic E-state index is 13.6. The molecule has 1 heterocycles. The fourth-order valence-corrected chi connectivity index (χ4v) is 4.76. The van der Waals surface area contributed by atoms with Crippen molar-refractivity contribution in [1.29, 1.82) is 0 Å². The molecule has 4 rings (SSSR count). The van der Waals surface area contributed by atoms with E-state index in [0.29, 0.717) is 22.9 Å². The van der Waals surface area contributed by atoms with E-state index in [4.69, 9.17) is 16.2 Å². The molecule has 2 aromatic carbocycles. The van der Waals surface area contributed by atoms with Crippen molar-refractivity contribution >= 4 is 17.6 Å². The van der Waals surface area contributed by atoms with E-state index in [2.05, 4.69) is 17.3 Å². The number of amides is 2. The van der Waals surface area contributed by atoms with Crippen molar-refractivity contribution in [2.45, 2.75) is 45.2 Å². The number of nitrogen functional groups attached to an aromatic ring is 1. The first-order valence-corrected chi connectivity index (χ1v) is 11.7. The molecule has 1 saturated carbocycles. The Morgan fingerprint density at radius 3 is 2.51 bits per heavy atom. The Bertz CT molecular complexity index is 1230. The van der Waals surface area contributed by atoms with Gasteiger partial charge in [0.2, 0.25) is 0 Å². The minimum absolute atomic E-state index is 0.0682. The summed E-state index contributed by atoms with van der Waals surface area (Å²) in [6.45, 7) is 2.30. The molecule has 5 N–H and O–H groups in total. The predicted molar refractivity (Wildman–Crippen MR) is 131 cm³/mol. The molecule has 1 fully saturated rings. The first-order chi connectivity index (χ1) is 16.8. The molecular formula is C26H30FN5O3. The van der Waals surface area contributed by atoms with E-state index in [-0.39, 0.29) is 29.5 Å². The lowest BCUT2D eigenvalue weighted by Gasteiger charge is -2.20. The Hall–Kier alpha value is -3.88. The van der Waals surface area contributed by atoms with Gasteiger partial charge in [0.25, 0.3) is 11.8 Å². The average molecular weight is 480 g/mol. The molecule has 1 unspecified atom stereocenters. The maximum Gasteiger partial charge on any atom is 0.255 e. The third-order valence-corrected chi connectivity index (χ3v) is 6.75. The highest BCUT2D eigenvalue weighted by molar-refractivity contribution is 6.03. The number of hydrogen-bond acceptors (Lipinski definition) is 5. The minimum Gasteiger partial charge on any atom is -0.496 e. The standard InChI is InChI=1S/C26H30FN5O3/c1-15(17-5-3-4-6-17)32-24(28)22(25(29)33)23(31-32)18-9-7-16(8-10-18)14-30-26(34)20-13-19(27)11-12-21(20)35-2/h7-13,15,17H,3-6,14,28H2,1-2H3,(H2,29,33)(H,30,34). The number of methoxy groups -OCH3 is 1. The van der Waals surface area contributed by atoms with Crippen LogP contribution in [0, 0.1) is 11.7 Å². The van der Waals surface area contributed by atoms with E-state index in [1.54, 1.807) is 4.68 Å². The number of nitrogens with one attached hydrogen (secondary N) is 1. The summed E-state index contributed by atoms with van der Waals surface area (Å²) in [4.78, 5) is 24.8. The summed E-state index contributed by atoms with van der Waals surface area (Å²) in [6.07, 6.45) is 4.61. The number of ether oxygens (including phenoxy) is 1. The van der Waals surface area contributed by atoms with Crippen LogP contribution < -0.4 is 21.5 Å². The number of nitrogens with two attached hydrogens (primary N) is 2. The number of anilines is 1. The normalized spacial score (nSPS) is 14.6. The molecule has 1 aliphatic rings. The third kappa shape index (κ3) is 4.99. The van der Waals surface area contributed by atoms with Gasteiger partial charge in [-0.3, -0.25) is 9.59 Å². The van der Waals surface area contributed by atoms with E-state index in [1.807, 2.05) is 24.3 Å². The van der Waals surface area contributed by atoms with Crippen molar-refractivity contribution < 1.29 is 18.7 Å². The molecule has 1 atom stereocenters. The molecule has 0 radical (unpaired) electrons. The van der Waals surface area contributed by atoms with E-state index in [9.17, 15) is 14.0 Å². The fraction of sp³-hybridized carbons (Fsp3) is 0.346. The van der Waals surface area contributed by atoms with Crippen molar-refractivity contribution in [3.63, 3.8) is 0 Å². The number of aromatic nitrogens is 2. The fourth-order valence-electron chi connectivity index (χ4n) is 4.76. The van der Waals surface area contributed by atoms with Crippen LogP contribution in [0.4, 0.5) is 10.2 Å². The van der Waals surface area contributed by atoms with Crippen LogP contribution >= 0.6 is 0 Å². The minimum atomic E-state index is -0.622. The third-order valence-electron chi connectivity index (χ3n) is 6.75. The van der Waals surface area contributed by atoms with Crippen molar-refractivity contribution in [2.75, 3.05) is 12.8 Å². The Kier molecular flexibility index (Phi) is 7.04. The van der Waals surface area contributed by atoms with Crippen LogP contribution in [0.25, 0.3) is 11.3 Å². The molecule has 1 aromatic heterocycles. The number of halogens is 1. The van der Waals surface area contributed by atoms with Gasteiger partial charge in [-0.05, 0) is 49.4 Å². The second kappa shape index (κ2) is 10.2. The van der Waals surface area contributed by atoms with Gasteiger partial charge in [0.05, 0.1) is 18.7 Å². The summed E-state index contributed by atoms with van der Waals surface area (Å²) in [6, 6.07) is 11.1. The van der Waals surface area contributed by atoms with Crippen LogP contribution in [0.5, 0.6) is 5.75 Å². The van der Waals surface area contributed by atoms with Crippen molar-refractivity contribution in [3.05, 3.63) is 65.0 Å². The van der Waals surface area contributed by atoms with Crippen LogP contribution in [0.2, 0.25) is 0 Å². The molecule has 0 spiro atoms. The highest BCUT2D eigenvalue weighted by Crippen LogP contribution is 2.37. The van der Waals surface area contributed by atoms with Crippen LogP contribution in [0.3, 0.4) is 0 Å². The quantitative estimate of drug-likeness (QED) is 0.449. The van der Waals surface area contributed by atoms with Crippen molar-refractivity contribution in [2.24, 2.45) is 11.7 Å². The lowest BCUT2D eigenvalue weighted by molar-refractivity contribution is 0.0946. The van der Waals surface area contributed by atoms with Gasteiger partial charge in [-0.15, -0.1) is 0 Å². The molecule has 35 heavy (non-hydrogen) atoms. The molecule has 184 valence electrons. The van der Waals surface area contributed by atoms with Crippen LogP contribution in [-0.4, -0.2) is 28.7 Å². The molecule has 1 aliphatic carbocycles. The van der Waals surface area contributed by atoms with Gasteiger partial charge in [0, 0.05) is 12.1 Å². The van der Waals surface area contributed by atoms with Crippen molar-refractivity contribution in [1.82, 2.24) is 15.1 Å². The highest BCUT2D eigenvalue weighted by Gasteiger charge is 2.29. The van der Waals surface area contributed by atoms with Gasteiger partial charge in [0.15, 0.2) is 0 Å². The lowest BCUT2D eigenvalue weighted by atomic mass is 10.00.